The van der Waals surface area contributed by atoms with Gasteiger partial charge in [0.15, 0.2) is 9.84 Å². The summed E-state index contributed by atoms with van der Waals surface area (Å²) in [4.78, 5) is 0. The zero-order valence-electron chi connectivity index (χ0n) is 24.8. The second kappa shape index (κ2) is 15.1. The van der Waals surface area contributed by atoms with Crippen molar-refractivity contribution in [1.82, 2.24) is 0 Å². The zero-order valence-corrected chi connectivity index (χ0v) is 28.8. The first-order valence-electron chi connectivity index (χ1n) is 13.5. The van der Waals surface area contributed by atoms with Crippen LogP contribution in [0.1, 0.15) is 32.8 Å². The molecule has 2 atom stereocenters. The Kier molecular flexibility index (Phi) is 11.5. The van der Waals surface area contributed by atoms with Gasteiger partial charge in [-0.1, -0.05) is 68.3 Å². The molecule has 0 saturated carbocycles. The fourth-order valence-electron chi connectivity index (χ4n) is 4.79. The second-order valence-corrected chi connectivity index (χ2v) is 13.7. The van der Waals surface area contributed by atoms with Crippen molar-refractivity contribution >= 4 is 53.8 Å². The van der Waals surface area contributed by atoms with E-state index in [2.05, 4.69) is 31.9 Å². The van der Waals surface area contributed by atoms with Crippen LogP contribution in [-0.2, 0) is 9.84 Å². The molecule has 11 heteroatoms. The van der Waals surface area contributed by atoms with Gasteiger partial charge in [-0.05, 0) is 47.5 Å². The summed E-state index contributed by atoms with van der Waals surface area (Å²) in [5.41, 5.74) is 1.72. The highest BCUT2D eigenvalue weighted by atomic mass is 79.9. The molecule has 4 rings (SSSR count). The molecule has 45 heavy (non-hydrogen) atoms. The summed E-state index contributed by atoms with van der Waals surface area (Å²) in [5, 5.41) is -2.36. The van der Waals surface area contributed by atoms with Crippen LogP contribution in [0.5, 0.6) is 23.0 Å². The largest absolute Gasteiger partial charge is 0.496 e. The maximum atomic E-state index is 14.8. The lowest BCUT2D eigenvalue weighted by molar-refractivity contribution is 0.386. The molecule has 0 spiro atoms. The smallest absolute Gasteiger partial charge is 0.171 e. The van der Waals surface area contributed by atoms with E-state index in [4.69, 9.17) is 18.9 Å². The quantitative estimate of drug-likeness (QED) is 0.143. The predicted molar refractivity (Wildman–Crippen MR) is 180 cm³/mol. The van der Waals surface area contributed by atoms with Crippen LogP contribution < -0.4 is 18.9 Å². The van der Waals surface area contributed by atoms with Crippen molar-refractivity contribution in [3.05, 3.63) is 128 Å². The van der Waals surface area contributed by atoms with Gasteiger partial charge in [0.1, 0.15) is 45.1 Å². The first kappa shape index (κ1) is 34.2. The molecule has 0 aliphatic rings. The Hall–Kier alpha value is -3.67. The number of hydrogen-bond acceptors (Lipinski definition) is 6. The summed E-state index contributed by atoms with van der Waals surface area (Å²) in [5.74, 6) is -0.426. The average molecular weight is 764 g/mol. The molecule has 4 aromatic carbocycles. The van der Waals surface area contributed by atoms with E-state index in [0.717, 1.165) is 8.95 Å². The van der Waals surface area contributed by atoms with Crippen LogP contribution in [-0.4, -0.2) is 36.9 Å². The molecule has 4 aromatic rings. The van der Waals surface area contributed by atoms with Crippen LogP contribution in [0, 0.1) is 11.6 Å². The van der Waals surface area contributed by atoms with Gasteiger partial charge in [0.05, 0.1) is 39.6 Å². The topological polar surface area (TPSA) is 71.1 Å². The van der Waals surface area contributed by atoms with E-state index in [1.54, 1.807) is 60.7 Å². The van der Waals surface area contributed by atoms with Crippen LogP contribution in [0.2, 0.25) is 0 Å². The maximum Gasteiger partial charge on any atom is 0.171 e. The molecular weight excluding hydrogens is 734 g/mol. The summed E-state index contributed by atoms with van der Waals surface area (Å²) in [6, 6.07) is 18.6. The number of ether oxygens (including phenoxy) is 4. The Morgan fingerprint density at radius 1 is 0.578 bits per heavy atom. The van der Waals surface area contributed by atoms with Gasteiger partial charge < -0.3 is 18.9 Å². The minimum atomic E-state index is -4.15. The highest BCUT2D eigenvalue weighted by Gasteiger charge is 2.34. The number of hydrogen-bond donors (Lipinski definition) is 0. The minimum Gasteiger partial charge on any atom is -0.496 e. The Morgan fingerprint density at radius 2 is 0.867 bits per heavy atom. The molecule has 0 saturated heterocycles. The monoisotopic (exact) mass is 762 g/mol. The summed E-state index contributed by atoms with van der Waals surface area (Å²) in [6.07, 6.45) is 6.15. The summed E-state index contributed by atoms with van der Waals surface area (Å²) < 4.78 is 81.1. The van der Waals surface area contributed by atoms with E-state index in [-0.39, 0.29) is 23.0 Å². The van der Waals surface area contributed by atoms with Crippen LogP contribution >= 0.6 is 31.9 Å². The molecule has 2 unspecified atom stereocenters. The first-order chi connectivity index (χ1) is 21.5. The van der Waals surface area contributed by atoms with Gasteiger partial charge in [0.25, 0.3) is 0 Å². The molecule has 0 heterocycles. The summed E-state index contributed by atoms with van der Waals surface area (Å²) in [6.45, 7) is 0. The fraction of sp³-hybridized carbons (Fsp3) is 0.176. The Bertz CT molecular complexity index is 1630. The predicted octanol–water partition coefficient (Wildman–Crippen LogP) is 9.15. The lowest BCUT2D eigenvalue weighted by atomic mass is 10.1. The van der Waals surface area contributed by atoms with Crippen molar-refractivity contribution in [3.8, 4) is 23.0 Å². The number of benzene rings is 4. The number of methoxy groups -OCH3 is 4. The van der Waals surface area contributed by atoms with Crippen molar-refractivity contribution in [2.75, 3.05) is 28.4 Å². The molecule has 0 aliphatic carbocycles. The van der Waals surface area contributed by atoms with Gasteiger partial charge in [-0.15, -0.1) is 0 Å². The van der Waals surface area contributed by atoms with Crippen LogP contribution in [0.3, 0.4) is 0 Å². The van der Waals surface area contributed by atoms with E-state index in [1.807, 2.05) is 0 Å². The van der Waals surface area contributed by atoms with Crippen LogP contribution in [0.4, 0.5) is 8.78 Å². The Morgan fingerprint density at radius 3 is 1.13 bits per heavy atom. The first-order valence-corrected chi connectivity index (χ1v) is 16.6. The summed E-state index contributed by atoms with van der Waals surface area (Å²) in [7, 11) is 1.41. The molecule has 0 N–H and O–H groups in total. The standard InChI is InChI=1S/C34H30Br2F2O6S/c1-41-29-17-25(37)18-30(42-2)27(29)13-15-33(21-5-9-23(35)10-6-21)45(39,40)34(22-7-11-24(36)12-8-22)16-14-28-31(43-3)19-26(38)20-32(28)44-4/h5-20,33-34H,1-4H3/b15-13+,16-14+. The molecule has 0 bridgehead atoms. The third kappa shape index (κ3) is 7.95. The van der Waals surface area contributed by atoms with Crippen molar-refractivity contribution < 1.29 is 36.1 Å². The molecule has 0 amide bonds. The SMILES string of the molecule is COc1cc(F)cc(OC)c1/C=C/C(c1ccc(Br)cc1)S(=O)(=O)C(/C=C/c1c(OC)cc(F)cc1OC)c1ccc(Br)cc1. The molecule has 0 radical (unpaired) electrons. The van der Waals surface area contributed by atoms with Crippen LogP contribution in [0.25, 0.3) is 12.2 Å². The van der Waals surface area contributed by atoms with Crippen molar-refractivity contribution in [1.29, 1.82) is 0 Å². The molecule has 0 fully saturated rings. The van der Waals surface area contributed by atoms with Crippen molar-refractivity contribution in [3.63, 3.8) is 0 Å². The van der Waals surface area contributed by atoms with Crippen molar-refractivity contribution in [2.45, 2.75) is 10.5 Å². The maximum absolute atomic E-state index is 14.8. The lowest BCUT2D eigenvalue weighted by Gasteiger charge is -2.22. The number of rotatable bonds is 12. The normalized spacial score (nSPS) is 13.2. The highest BCUT2D eigenvalue weighted by Crippen LogP contribution is 2.41. The molecular formula is C34H30Br2F2O6S. The Balaban J connectivity index is 1.93. The van der Waals surface area contributed by atoms with E-state index in [1.165, 1.54) is 64.9 Å². The molecule has 236 valence electrons. The highest BCUT2D eigenvalue weighted by molar-refractivity contribution is 9.10. The van der Waals surface area contributed by atoms with Crippen molar-refractivity contribution in [2.24, 2.45) is 0 Å². The van der Waals surface area contributed by atoms with Gasteiger partial charge in [-0.25, -0.2) is 17.2 Å². The van der Waals surface area contributed by atoms with Gasteiger partial charge in [-0.2, -0.15) is 0 Å². The number of halogens is 4. The lowest BCUT2D eigenvalue weighted by Crippen LogP contribution is -2.19. The van der Waals surface area contributed by atoms with E-state index in [0.29, 0.717) is 22.3 Å². The van der Waals surface area contributed by atoms with Gasteiger partial charge in [0.2, 0.25) is 0 Å². The molecule has 6 nitrogen and oxygen atoms in total. The number of sulfone groups is 1. The van der Waals surface area contributed by atoms with E-state index in [9.17, 15) is 17.2 Å². The fourth-order valence-corrected chi connectivity index (χ4v) is 7.31. The third-order valence-electron chi connectivity index (χ3n) is 7.00. The van der Waals surface area contributed by atoms with Gasteiger partial charge in [-0.3, -0.25) is 0 Å². The third-order valence-corrected chi connectivity index (χ3v) is 10.3. The summed E-state index contributed by atoms with van der Waals surface area (Å²) >= 11 is 6.84. The molecule has 0 aromatic heterocycles. The van der Waals surface area contributed by atoms with Crippen LogP contribution in [0.15, 0.2) is 93.9 Å². The molecule has 0 aliphatic heterocycles. The van der Waals surface area contributed by atoms with Gasteiger partial charge >= 0.3 is 0 Å². The van der Waals surface area contributed by atoms with E-state index < -0.39 is 32.0 Å². The average Bonchev–Trinajstić information content (AvgIpc) is 3.02. The van der Waals surface area contributed by atoms with E-state index >= 15 is 0 Å². The Labute approximate surface area is 278 Å². The minimum absolute atomic E-state index is 0.176. The second-order valence-electron chi connectivity index (χ2n) is 9.70. The van der Waals surface area contributed by atoms with Gasteiger partial charge in [0, 0.05) is 33.2 Å². The zero-order chi connectivity index (χ0) is 32.7.